The number of carbonyl (C=O) groups is 4. The predicted molar refractivity (Wildman–Crippen MR) is 155 cm³/mol. The lowest BCUT2D eigenvalue weighted by molar-refractivity contribution is -0.150. The van der Waals surface area contributed by atoms with Gasteiger partial charge in [-0.1, -0.05) is 28.3 Å². The Kier molecular flexibility index (Phi) is 9.55. The van der Waals surface area contributed by atoms with Crippen LogP contribution in [0.4, 0.5) is 9.93 Å². The molecule has 2 atom stereocenters. The van der Waals surface area contributed by atoms with Crippen molar-refractivity contribution in [3.63, 3.8) is 0 Å². The van der Waals surface area contributed by atoms with Gasteiger partial charge in [0.1, 0.15) is 40.0 Å². The van der Waals surface area contributed by atoms with Gasteiger partial charge in [0, 0.05) is 16.9 Å². The summed E-state index contributed by atoms with van der Waals surface area (Å²) in [5.74, 6) is -1.81. The molecule has 2 aromatic rings. The number of carbonyl (C=O) groups excluding carboxylic acids is 3. The van der Waals surface area contributed by atoms with E-state index in [4.69, 9.17) is 9.57 Å². The fraction of sp³-hybridized carbons (Fsp3) is 0.478. The summed E-state index contributed by atoms with van der Waals surface area (Å²) in [6.45, 7) is 8.85. The highest BCUT2D eigenvalue weighted by Gasteiger charge is 2.54. The first-order valence-electron chi connectivity index (χ1n) is 12.2. The zero-order chi connectivity index (χ0) is 29.9. The highest BCUT2D eigenvalue weighted by Crippen LogP contribution is 2.41. The van der Waals surface area contributed by atoms with Gasteiger partial charge in [0.25, 0.3) is 11.8 Å². The SMILES string of the molecule is CCON=C(C(=O)NC1C(=O)N2C(C(=O)O)=C(CSc3nnc(C)s3)CS[C@@H]12)c1csc(NC(=O)OC(C)(C)C)n1. The second-order valence-corrected chi connectivity index (χ2v) is 13.9. The number of ether oxygens (including phenoxy) is 1. The number of thioether (sulfide) groups is 2. The molecule has 3 amide bonds. The van der Waals surface area contributed by atoms with Crippen LogP contribution in [-0.4, -0.2) is 89.9 Å². The van der Waals surface area contributed by atoms with E-state index in [9.17, 15) is 24.3 Å². The molecule has 1 fully saturated rings. The Labute approximate surface area is 251 Å². The molecule has 3 N–H and O–H groups in total. The molecule has 0 saturated carbocycles. The number of aromatic nitrogens is 3. The third-order valence-corrected chi connectivity index (χ3v) is 9.42. The van der Waals surface area contributed by atoms with Gasteiger partial charge in [-0.3, -0.25) is 19.8 Å². The van der Waals surface area contributed by atoms with Crippen LogP contribution in [0.5, 0.6) is 0 Å². The summed E-state index contributed by atoms with van der Waals surface area (Å²) in [5, 5.41) is 28.8. The van der Waals surface area contributed by atoms with Crippen LogP contribution in [0.1, 0.15) is 38.4 Å². The molecule has 0 spiro atoms. The molecule has 4 rings (SSSR count). The number of aliphatic carboxylic acids is 1. The first-order valence-corrected chi connectivity index (χ1v) is 15.9. The lowest BCUT2D eigenvalue weighted by Crippen LogP contribution is -2.71. The van der Waals surface area contributed by atoms with Crippen LogP contribution >= 0.6 is 46.2 Å². The molecule has 220 valence electrons. The third-order valence-electron chi connectivity index (χ3n) is 5.27. The van der Waals surface area contributed by atoms with E-state index in [1.807, 2.05) is 6.92 Å². The van der Waals surface area contributed by atoms with Gasteiger partial charge in [0.2, 0.25) is 0 Å². The van der Waals surface area contributed by atoms with E-state index < -0.39 is 40.9 Å². The molecule has 0 aromatic carbocycles. The zero-order valence-corrected chi connectivity index (χ0v) is 25.9. The fourth-order valence-electron chi connectivity index (χ4n) is 3.65. The Morgan fingerprint density at radius 2 is 2.05 bits per heavy atom. The number of anilines is 1. The Hall–Kier alpha value is -3.22. The van der Waals surface area contributed by atoms with E-state index in [1.54, 1.807) is 27.7 Å². The number of fused-ring (bicyclic) bond motifs is 1. The van der Waals surface area contributed by atoms with E-state index in [1.165, 1.54) is 45.1 Å². The summed E-state index contributed by atoms with van der Waals surface area (Å²) < 4.78 is 5.93. The smallest absolute Gasteiger partial charge is 0.413 e. The second-order valence-electron chi connectivity index (χ2n) is 9.52. The molecule has 1 unspecified atom stereocenters. The number of aryl methyl sites for hydroxylation is 1. The average Bonchev–Trinajstić information content (AvgIpc) is 3.52. The maximum atomic E-state index is 13.2. The molecule has 2 aliphatic heterocycles. The van der Waals surface area contributed by atoms with E-state index in [0.29, 0.717) is 21.4 Å². The standard InChI is InChI=1S/C23H27N7O7S4/c1-6-36-29-13(12-9-39-20(24-12)26-21(35)37-23(3,4)5)16(31)25-14-17(32)30-15(19(33)34)11(7-38-18(14)30)8-40-22-28-27-10(2)41-22/h9,14,18H,6-8H2,1-5H3,(H,25,31)(H,33,34)(H,24,26,35)/t14?,18-/m0/s1. The molecule has 14 nitrogen and oxygen atoms in total. The highest BCUT2D eigenvalue weighted by atomic mass is 32.2. The number of carboxylic acids is 1. The summed E-state index contributed by atoms with van der Waals surface area (Å²) in [5.41, 5.74) is -0.298. The van der Waals surface area contributed by atoms with E-state index in [2.05, 4.69) is 31.0 Å². The van der Waals surface area contributed by atoms with Gasteiger partial charge in [-0.05, 0) is 40.2 Å². The van der Waals surface area contributed by atoms with E-state index in [0.717, 1.165) is 16.3 Å². The van der Waals surface area contributed by atoms with Crippen LogP contribution in [0, 0.1) is 6.92 Å². The van der Waals surface area contributed by atoms with Crippen LogP contribution in [0.3, 0.4) is 0 Å². The maximum Gasteiger partial charge on any atom is 0.413 e. The first kappa shape index (κ1) is 30.7. The number of β-lactam (4-membered cyclic amide) rings is 1. The minimum absolute atomic E-state index is 0.0847. The van der Waals surface area contributed by atoms with E-state index >= 15 is 0 Å². The third kappa shape index (κ3) is 7.35. The number of hydrogen-bond acceptors (Lipinski definition) is 14. The number of rotatable bonds is 10. The number of carboxylic acid groups (broad SMARTS) is 1. The molecule has 2 aliphatic rings. The van der Waals surface area contributed by atoms with Gasteiger partial charge in [0.05, 0.1) is 0 Å². The minimum Gasteiger partial charge on any atom is -0.477 e. The van der Waals surface area contributed by atoms with Gasteiger partial charge in [-0.15, -0.1) is 33.3 Å². The summed E-state index contributed by atoms with van der Waals surface area (Å²) in [7, 11) is 0. The number of nitrogens with zero attached hydrogens (tertiary/aromatic N) is 5. The zero-order valence-electron chi connectivity index (χ0n) is 22.6. The van der Waals surface area contributed by atoms with Crippen molar-refractivity contribution in [3.05, 3.63) is 27.4 Å². The van der Waals surface area contributed by atoms with Crippen molar-refractivity contribution in [2.24, 2.45) is 5.16 Å². The van der Waals surface area contributed by atoms with Crippen molar-refractivity contribution in [1.29, 1.82) is 0 Å². The van der Waals surface area contributed by atoms with Crippen molar-refractivity contribution in [1.82, 2.24) is 25.4 Å². The molecular formula is C23H27N7O7S4. The quantitative estimate of drug-likeness (QED) is 0.149. The van der Waals surface area contributed by atoms with Crippen molar-refractivity contribution in [2.45, 2.75) is 56.0 Å². The Morgan fingerprint density at radius 3 is 2.68 bits per heavy atom. The highest BCUT2D eigenvalue weighted by molar-refractivity contribution is 8.01. The topological polar surface area (TPSA) is 185 Å². The summed E-state index contributed by atoms with van der Waals surface area (Å²) >= 11 is 5.17. The minimum atomic E-state index is -1.22. The van der Waals surface area contributed by atoms with Crippen LogP contribution in [0.2, 0.25) is 0 Å². The Morgan fingerprint density at radius 1 is 1.29 bits per heavy atom. The lowest BCUT2D eigenvalue weighted by Gasteiger charge is -2.49. The molecule has 0 aliphatic carbocycles. The van der Waals surface area contributed by atoms with Gasteiger partial charge in [0.15, 0.2) is 15.2 Å². The first-order chi connectivity index (χ1) is 19.4. The Bertz CT molecular complexity index is 1410. The number of nitrogens with one attached hydrogen (secondary N) is 2. The lowest BCUT2D eigenvalue weighted by atomic mass is 10.0. The van der Waals surface area contributed by atoms with Gasteiger partial charge < -0.3 is 20.0 Å². The van der Waals surface area contributed by atoms with Gasteiger partial charge >= 0.3 is 12.1 Å². The van der Waals surface area contributed by atoms with E-state index in [-0.39, 0.29) is 28.8 Å². The number of thiazole rings is 1. The molecule has 18 heteroatoms. The summed E-state index contributed by atoms with van der Waals surface area (Å²) in [6, 6.07) is -0.980. The second kappa shape index (κ2) is 12.7. The molecular weight excluding hydrogens is 615 g/mol. The number of hydrogen-bond donors (Lipinski definition) is 3. The van der Waals surface area contributed by atoms with Crippen LogP contribution in [0.25, 0.3) is 0 Å². The van der Waals surface area contributed by atoms with Crippen molar-refractivity contribution < 1.29 is 33.9 Å². The molecule has 4 heterocycles. The van der Waals surface area contributed by atoms with Crippen molar-refractivity contribution >= 4 is 80.9 Å². The predicted octanol–water partition coefficient (Wildman–Crippen LogP) is 2.92. The van der Waals surface area contributed by atoms with Crippen LogP contribution in [0.15, 0.2) is 26.1 Å². The normalized spacial score (nSPS) is 18.9. The maximum absolute atomic E-state index is 13.2. The van der Waals surface area contributed by atoms with Crippen LogP contribution < -0.4 is 10.6 Å². The average molecular weight is 642 g/mol. The fourth-order valence-corrected chi connectivity index (χ4v) is 7.64. The largest absolute Gasteiger partial charge is 0.477 e. The molecule has 0 bridgehead atoms. The summed E-state index contributed by atoms with van der Waals surface area (Å²) in [6.07, 6.45) is -0.709. The Balaban J connectivity index is 1.45. The van der Waals surface area contributed by atoms with Crippen molar-refractivity contribution in [2.75, 3.05) is 23.4 Å². The monoisotopic (exact) mass is 641 g/mol. The molecule has 1 saturated heterocycles. The molecule has 41 heavy (non-hydrogen) atoms. The summed E-state index contributed by atoms with van der Waals surface area (Å²) in [4.78, 5) is 61.1. The molecule has 2 aromatic heterocycles. The van der Waals surface area contributed by atoms with Crippen molar-refractivity contribution in [3.8, 4) is 0 Å². The van der Waals surface area contributed by atoms with Gasteiger partial charge in [-0.2, -0.15) is 0 Å². The van der Waals surface area contributed by atoms with Gasteiger partial charge in [-0.25, -0.2) is 14.6 Å². The van der Waals surface area contributed by atoms with Crippen LogP contribution in [-0.2, 0) is 24.0 Å². The number of amides is 3. The number of oxime groups is 1. The molecule has 0 radical (unpaired) electrons.